The number of rotatable bonds is 6. The molecule has 0 aliphatic rings. The van der Waals surface area contributed by atoms with Gasteiger partial charge in [0.1, 0.15) is 0 Å². The van der Waals surface area contributed by atoms with E-state index in [0.29, 0.717) is 12.2 Å². The predicted molar refractivity (Wildman–Crippen MR) is 83.6 cm³/mol. The van der Waals surface area contributed by atoms with Gasteiger partial charge < -0.3 is 5.32 Å². The standard InChI is InChI=1S/C14H20BrNO2S/c1-14(2,16-13(17)7-8-19(3)18)10-11-5-4-6-12(15)9-11/h4-6,9H,7-8,10H2,1-3H3,(H,16,17)/t19-/m1/s1. The van der Waals surface area contributed by atoms with Crippen LogP contribution in [0.2, 0.25) is 0 Å². The maximum atomic E-state index is 11.8. The van der Waals surface area contributed by atoms with E-state index in [2.05, 4.69) is 27.3 Å². The molecule has 1 rings (SSSR count). The first kappa shape index (κ1) is 16.4. The van der Waals surface area contributed by atoms with Gasteiger partial charge in [-0.1, -0.05) is 28.1 Å². The fraction of sp³-hybridized carbons (Fsp3) is 0.500. The van der Waals surface area contributed by atoms with Crippen molar-refractivity contribution in [2.45, 2.75) is 32.2 Å². The van der Waals surface area contributed by atoms with E-state index in [-0.39, 0.29) is 11.4 Å². The first-order valence-corrected chi connectivity index (χ1v) is 8.66. The minimum atomic E-state index is -0.923. The maximum Gasteiger partial charge on any atom is 0.221 e. The molecular weight excluding hydrogens is 326 g/mol. The van der Waals surface area contributed by atoms with Gasteiger partial charge in [0.15, 0.2) is 0 Å². The summed E-state index contributed by atoms with van der Waals surface area (Å²) in [4.78, 5) is 11.8. The fourth-order valence-corrected chi connectivity index (χ4v) is 2.80. The van der Waals surface area contributed by atoms with Crippen molar-refractivity contribution in [1.82, 2.24) is 5.32 Å². The van der Waals surface area contributed by atoms with Gasteiger partial charge in [-0.2, -0.15) is 0 Å². The SMILES string of the molecule is C[S@@](=O)CCC(=O)NC(C)(C)Cc1cccc(Br)c1. The zero-order chi connectivity index (χ0) is 14.5. The third-order valence-electron chi connectivity index (χ3n) is 2.63. The summed E-state index contributed by atoms with van der Waals surface area (Å²) in [7, 11) is -0.923. The molecule has 19 heavy (non-hydrogen) atoms. The van der Waals surface area contributed by atoms with Crippen molar-refractivity contribution >= 4 is 32.6 Å². The molecular formula is C14H20BrNO2S. The lowest BCUT2D eigenvalue weighted by atomic mass is 9.95. The van der Waals surface area contributed by atoms with Crippen LogP contribution < -0.4 is 5.32 Å². The summed E-state index contributed by atoms with van der Waals surface area (Å²) in [6.45, 7) is 3.99. The molecule has 0 spiro atoms. The van der Waals surface area contributed by atoms with Crippen molar-refractivity contribution in [3.63, 3.8) is 0 Å². The molecule has 1 aromatic rings. The van der Waals surface area contributed by atoms with Gasteiger partial charge in [-0.25, -0.2) is 0 Å². The lowest BCUT2D eigenvalue weighted by molar-refractivity contribution is -0.122. The Hall–Kier alpha value is -0.680. The van der Waals surface area contributed by atoms with Crippen LogP contribution in [0.4, 0.5) is 0 Å². The summed E-state index contributed by atoms with van der Waals surface area (Å²) < 4.78 is 12.0. The van der Waals surface area contributed by atoms with Crippen LogP contribution in [0.1, 0.15) is 25.8 Å². The van der Waals surface area contributed by atoms with Crippen LogP contribution >= 0.6 is 15.9 Å². The average Bonchev–Trinajstić information content (AvgIpc) is 2.24. The van der Waals surface area contributed by atoms with Crippen molar-refractivity contribution in [2.75, 3.05) is 12.0 Å². The topological polar surface area (TPSA) is 46.2 Å². The summed E-state index contributed by atoms with van der Waals surface area (Å²) in [5.74, 6) is 0.369. The molecule has 5 heteroatoms. The maximum absolute atomic E-state index is 11.8. The molecule has 1 N–H and O–H groups in total. The Morgan fingerprint density at radius 3 is 2.68 bits per heavy atom. The third kappa shape index (κ3) is 6.87. The Morgan fingerprint density at radius 2 is 2.11 bits per heavy atom. The van der Waals surface area contributed by atoms with Gasteiger partial charge in [-0.15, -0.1) is 0 Å². The smallest absolute Gasteiger partial charge is 0.221 e. The van der Waals surface area contributed by atoms with E-state index in [1.807, 2.05) is 32.0 Å². The van der Waals surface area contributed by atoms with E-state index < -0.39 is 10.8 Å². The number of benzene rings is 1. The summed E-state index contributed by atoms with van der Waals surface area (Å²) in [5.41, 5.74) is 0.853. The predicted octanol–water partition coefficient (Wildman–Crippen LogP) is 2.66. The van der Waals surface area contributed by atoms with Crippen molar-refractivity contribution in [2.24, 2.45) is 0 Å². The lowest BCUT2D eigenvalue weighted by Gasteiger charge is -2.26. The highest BCUT2D eigenvalue weighted by molar-refractivity contribution is 9.10. The van der Waals surface area contributed by atoms with E-state index in [4.69, 9.17) is 0 Å². The van der Waals surface area contributed by atoms with Gasteiger partial charge in [-0.3, -0.25) is 9.00 Å². The van der Waals surface area contributed by atoms with E-state index in [1.165, 1.54) is 5.56 Å². The highest BCUT2D eigenvalue weighted by Crippen LogP contribution is 2.17. The second-order valence-corrected chi connectivity index (χ2v) is 7.74. The molecule has 0 saturated heterocycles. The number of nitrogens with one attached hydrogen (secondary N) is 1. The molecule has 0 fully saturated rings. The Morgan fingerprint density at radius 1 is 1.42 bits per heavy atom. The molecule has 0 bridgehead atoms. The van der Waals surface area contributed by atoms with E-state index in [1.54, 1.807) is 6.26 Å². The third-order valence-corrected chi connectivity index (χ3v) is 3.90. The first-order chi connectivity index (χ1) is 8.78. The summed E-state index contributed by atoms with van der Waals surface area (Å²) in [5, 5.41) is 2.99. The molecule has 0 saturated carbocycles. The van der Waals surface area contributed by atoms with Crippen molar-refractivity contribution in [3.8, 4) is 0 Å². The molecule has 106 valence electrons. The number of halogens is 1. The van der Waals surface area contributed by atoms with Gasteiger partial charge >= 0.3 is 0 Å². The van der Waals surface area contributed by atoms with Crippen LogP contribution in [0.25, 0.3) is 0 Å². The molecule has 0 unspecified atom stereocenters. The van der Waals surface area contributed by atoms with E-state index in [0.717, 1.165) is 10.9 Å². The van der Waals surface area contributed by atoms with Crippen molar-refractivity contribution < 1.29 is 9.00 Å². The lowest BCUT2D eigenvalue weighted by Crippen LogP contribution is -2.45. The molecule has 1 atom stereocenters. The van der Waals surface area contributed by atoms with Crippen molar-refractivity contribution in [1.29, 1.82) is 0 Å². The van der Waals surface area contributed by atoms with E-state index in [9.17, 15) is 9.00 Å². The Bertz CT molecular complexity index is 474. The highest BCUT2D eigenvalue weighted by Gasteiger charge is 2.20. The minimum absolute atomic E-state index is 0.0461. The number of hydrogen-bond acceptors (Lipinski definition) is 2. The molecule has 0 aromatic heterocycles. The number of amides is 1. The molecule has 0 aliphatic carbocycles. The largest absolute Gasteiger partial charge is 0.351 e. The van der Waals surface area contributed by atoms with Crippen LogP contribution in [0.3, 0.4) is 0 Å². The quantitative estimate of drug-likeness (QED) is 0.861. The van der Waals surface area contributed by atoms with Gasteiger partial charge in [0.05, 0.1) is 0 Å². The first-order valence-electron chi connectivity index (χ1n) is 6.14. The molecule has 0 aliphatic heterocycles. The Kier molecular flexibility index (Phi) is 6.20. The zero-order valence-electron chi connectivity index (χ0n) is 11.5. The summed E-state index contributed by atoms with van der Waals surface area (Å²) >= 11 is 3.44. The number of carbonyl (C=O) groups is 1. The normalized spacial score (nSPS) is 13.1. The monoisotopic (exact) mass is 345 g/mol. The zero-order valence-corrected chi connectivity index (χ0v) is 13.9. The van der Waals surface area contributed by atoms with Crippen LogP contribution in [-0.4, -0.2) is 27.7 Å². The van der Waals surface area contributed by atoms with Crippen LogP contribution in [0.5, 0.6) is 0 Å². The number of hydrogen-bond donors (Lipinski definition) is 1. The second-order valence-electron chi connectivity index (χ2n) is 5.27. The van der Waals surface area contributed by atoms with Crippen LogP contribution in [-0.2, 0) is 22.0 Å². The summed E-state index contributed by atoms with van der Waals surface area (Å²) in [6, 6.07) is 8.05. The fourth-order valence-electron chi connectivity index (χ4n) is 1.88. The summed E-state index contributed by atoms with van der Waals surface area (Å²) in [6.07, 6.45) is 2.68. The van der Waals surface area contributed by atoms with Gasteiger partial charge in [0.25, 0.3) is 0 Å². The number of carbonyl (C=O) groups excluding carboxylic acids is 1. The van der Waals surface area contributed by atoms with Crippen molar-refractivity contribution in [3.05, 3.63) is 34.3 Å². The molecule has 0 radical (unpaired) electrons. The van der Waals surface area contributed by atoms with Gasteiger partial charge in [-0.05, 0) is 38.0 Å². The Balaban J connectivity index is 2.56. The molecule has 0 heterocycles. The second kappa shape index (κ2) is 7.20. The van der Waals surface area contributed by atoms with Crippen LogP contribution in [0.15, 0.2) is 28.7 Å². The van der Waals surface area contributed by atoms with Gasteiger partial charge in [0, 0.05) is 39.2 Å². The van der Waals surface area contributed by atoms with E-state index >= 15 is 0 Å². The molecule has 1 aromatic carbocycles. The molecule has 1 amide bonds. The average molecular weight is 346 g/mol. The van der Waals surface area contributed by atoms with Crippen LogP contribution in [0, 0.1) is 0 Å². The highest BCUT2D eigenvalue weighted by atomic mass is 79.9. The minimum Gasteiger partial charge on any atom is -0.351 e. The van der Waals surface area contributed by atoms with Gasteiger partial charge in [0.2, 0.25) is 5.91 Å². The molecule has 3 nitrogen and oxygen atoms in total. The Labute approximate surface area is 125 Å².